The number of sulfonamides is 1. The van der Waals surface area contributed by atoms with Crippen LogP contribution in [0, 0.1) is 5.92 Å². The Morgan fingerprint density at radius 1 is 1.44 bits per heavy atom. The Balaban J connectivity index is 2.30. The van der Waals surface area contributed by atoms with Gasteiger partial charge in [0, 0.05) is 18.8 Å². The van der Waals surface area contributed by atoms with Crippen molar-refractivity contribution in [3.8, 4) is 0 Å². The van der Waals surface area contributed by atoms with Crippen LogP contribution in [0.2, 0.25) is 0 Å². The van der Waals surface area contributed by atoms with Gasteiger partial charge < -0.3 is 10.7 Å². The zero-order valence-electron chi connectivity index (χ0n) is 9.47. The number of rotatable bonds is 5. The maximum absolute atomic E-state index is 12.0. The van der Waals surface area contributed by atoms with E-state index >= 15 is 0 Å². The molecule has 1 aliphatic rings. The normalized spacial score (nSPS) is 17.6. The van der Waals surface area contributed by atoms with Gasteiger partial charge in [-0.1, -0.05) is 0 Å². The Hall–Kier alpha value is -1.45. The van der Waals surface area contributed by atoms with E-state index in [0.29, 0.717) is 0 Å². The van der Waals surface area contributed by atoms with E-state index in [4.69, 9.17) is 5.73 Å². The maximum atomic E-state index is 12.0. The number of nitrogens with one attached hydrogen (secondary N) is 3. The zero-order chi connectivity index (χ0) is 13.3. The molecule has 8 nitrogen and oxygen atoms in total. The highest BCUT2D eigenvalue weighted by molar-refractivity contribution is 7.89. The summed E-state index contributed by atoms with van der Waals surface area (Å²) in [4.78, 5) is 25.7. The summed E-state index contributed by atoms with van der Waals surface area (Å²) < 4.78 is 26.3. The highest BCUT2D eigenvalue weighted by Crippen LogP contribution is 2.32. The number of aromatic amines is 2. The molecule has 1 aliphatic carbocycles. The van der Waals surface area contributed by atoms with E-state index in [1.807, 2.05) is 4.98 Å². The maximum Gasteiger partial charge on any atom is 0.325 e. The van der Waals surface area contributed by atoms with Gasteiger partial charge in [-0.25, -0.2) is 17.9 Å². The second-order valence-corrected chi connectivity index (χ2v) is 5.92. The average Bonchev–Trinajstić information content (AvgIpc) is 3.09. The minimum atomic E-state index is -3.97. The highest BCUT2D eigenvalue weighted by Gasteiger charge is 2.34. The van der Waals surface area contributed by atoms with Crippen LogP contribution in [0.1, 0.15) is 12.8 Å². The molecule has 0 amide bonds. The fourth-order valence-corrected chi connectivity index (χ4v) is 3.02. The molecule has 0 saturated heterocycles. The Bertz CT molecular complexity index is 643. The second-order valence-electron chi connectivity index (χ2n) is 4.24. The minimum Gasteiger partial charge on any atom is -0.329 e. The summed E-state index contributed by atoms with van der Waals surface area (Å²) >= 11 is 0. The molecule has 1 saturated carbocycles. The molecule has 9 heteroatoms. The first-order valence-electron chi connectivity index (χ1n) is 5.48. The van der Waals surface area contributed by atoms with Gasteiger partial charge in [0.2, 0.25) is 10.0 Å². The van der Waals surface area contributed by atoms with Crippen molar-refractivity contribution in [2.45, 2.75) is 23.8 Å². The number of H-pyrrole nitrogens is 2. The second kappa shape index (κ2) is 4.67. The molecule has 18 heavy (non-hydrogen) atoms. The van der Waals surface area contributed by atoms with Crippen LogP contribution in [0.4, 0.5) is 0 Å². The SMILES string of the molecule is NCC(NS(=O)(=O)c1c[nH]c(=O)[nH]c1=O)C1CC1. The molecule has 0 aromatic carbocycles. The van der Waals surface area contributed by atoms with Gasteiger partial charge in [-0.2, -0.15) is 0 Å². The number of hydrogen-bond donors (Lipinski definition) is 4. The van der Waals surface area contributed by atoms with Crippen molar-refractivity contribution in [2.24, 2.45) is 11.7 Å². The monoisotopic (exact) mass is 274 g/mol. The third kappa shape index (κ3) is 2.68. The van der Waals surface area contributed by atoms with Crippen molar-refractivity contribution in [2.75, 3.05) is 6.54 Å². The predicted molar refractivity (Wildman–Crippen MR) is 63.6 cm³/mol. The van der Waals surface area contributed by atoms with Gasteiger partial charge in [0.15, 0.2) is 4.90 Å². The Labute approximate surface area is 103 Å². The van der Waals surface area contributed by atoms with E-state index in [2.05, 4.69) is 9.71 Å². The molecule has 1 aromatic heterocycles. The molecule has 1 atom stereocenters. The van der Waals surface area contributed by atoms with E-state index in [9.17, 15) is 18.0 Å². The molecule has 0 bridgehead atoms. The van der Waals surface area contributed by atoms with Gasteiger partial charge in [0.05, 0.1) is 0 Å². The van der Waals surface area contributed by atoms with Crippen LogP contribution in [-0.2, 0) is 10.0 Å². The summed E-state index contributed by atoms with van der Waals surface area (Å²) in [5.41, 5.74) is 3.79. The van der Waals surface area contributed by atoms with Crippen LogP contribution in [0.25, 0.3) is 0 Å². The molecule has 0 radical (unpaired) electrons. The predicted octanol–water partition coefficient (Wildman–Crippen LogP) is -1.92. The van der Waals surface area contributed by atoms with Crippen molar-refractivity contribution < 1.29 is 8.42 Å². The molecule has 2 rings (SSSR count). The van der Waals surface area contributed by atoms with Crippen LogP contribution >= 0.6 is 0 Å². The number of aromatic nitrogens is 2. The van der Waals surface area contributed by atoms with E-state index in [0.717, 1.165) is 19.0 Å². The Kier molecular flexibility index (Phi) is 3.37. The van der Waals surface area contributed by atoms with Gasteiger partial charge in [-0.05, 0) is 18.8 Å². The summed E-state index contributed by atoms with van der Waals surface area (Å²) in [6, 6.07) is -0.374. The molecule has 1 heterocycles. The lowest BCUT2D eigenvalue weighted by molar-refractivity contribution is 0.518. The molecular weight excluding hydrogens is 260 g/mol. The summed E-state index contributed by atoms with van der Waals surface area (Å²) in [6.07, 6.45) is 2.72. The lowest BCUT2D eigenvalue weighted by Gasteiger charge is -2.15. The lowest BCUT2D eigenvalue weighted by atomic mass is 10.2. The summed E-state index contributed by atoms with van der Waals surface area (Å²) in [5.74, 6) is 0.228. The van der Waals surface area contributed by atoms with Gasteiger partial charge in [0.1, 0.15) is 0 Å². The van der Waals surface area contributed by atoms with E-state index < -0.39 is 26.2 Å². The van der Waals surface area contributed by atoms with Gasteiger partial charge in [-0.15, -0.1) is 0 Å². The molecular formula is C9H14N4O4S. The number of hydrogen-bond acceptors (Lipinski definition) is 5. The first-order valence-corrected chi connectivity index (χ1v) is 6.97. The quantitative estimate of drug-likeness (QED) is 0.496. The van der Waals surface area contributed by atoms with Crippen molar-refractivity contribution in [1.29, 1.82) is 0 Å². The molecule has 0 spiro atoms. The van der Waals surface area contributed by atoms with Gasteiger partial charge in [-0.3, -0.25) is 9.78 Å². The average molecular weight is 274 g/mol. The van der Waals surface area contributed by atoms with E-state index in [1.54, 1.807) is 0 Å². The first kappa shape index (κ1) is 13.0. The minimum absolute atomic E-state index is 0.172. The fourth-order valence-electron chi connectivity index (χ4n) is 1.70. The first-order chi connectivity index (χ1) is 8.44. The van der Waals surface area contributed by atoms with Gasteiger partial charge >= 0.3 is 5.69 Å². The molecule has 1 unspecified atom stereocenters. The molecule has 1 aromatic rings. The molecule has 0 aliphatic heterocycles. The summed E-state index contributed by atoms with van der Waals surface area (Å²) in [5, 5.41) is 0. The van der Waals surface area contributed by atoms with Crippen LogP contribution in [-0.4, -0.2) is 31.0 Å². The van der Waals surface area contributed by atoms with Crippen LogP contribution in [0.3, 0.4) is 0 Å². The van der Waals surface area contributed by atoms with Crippen molar-refractivity contribution >= 4 is 10.0 Å². The summed E-state index contributed by atoms with van der Waals surface area (Å²) in [7, 11) is -3.97. The smallest absolute Gasteiger partial charge is 0.325 e. The zero-order valence-corrected chi connectivity index (χ0v) is 10.3. The number of nitrogens with two attached hydrogens (primary N) is 1. The Morgan fingerprint density at radius 2 is 2.11 bits per heavy atom. The van der Waals surface area contributed by atoms with Crippen molar-refractivity contribution in [3.63, 3.8) is 0 Å². The lowest BCUT2D eigenvalue weighted by Crippen LogP contribution is -2.43. The van der Waals surface area contributed by atoms with Crippen LogP contribution in [0.15, 0.2) is 20.7 Å². The Morgan fingerprint density at radius 3 is 2.61 bits per heavy atom. The molecule has 100 valence electrons. The third-order valence-corrected chi connectivity index (χ3v) is 4.32. The van der Waals surface area contributed by atoms with E-state index in [-0.39, 0.29) is 18.5 Å². The van der Waals surface area contributed by atoms with Crippen LogP contribution < -0.4 is 21.7 Å². The van der Waals surface area contributed by atoms with E-state index in [1.165, 1.54) is 0 Å². The molecule has 5 N–H and O–H groups in total. The van der Waals surface area contributed by atoms with Crippen molar-refractivity contribution in [3.05, 3.63) is 27.0 Å². The van der Waals surface area contributed by atoms with Gasteiger partial charge in [0.25, 0.3) is 5.56 Å². The third-order valence-electron chi connectivity index (χ3n) is 2.83. The fraction of sp³-hybridized carbons (Fsp3) is 0.556. The van der Waals surface area contributed by atoms with Crippen LogP contribution in [0.5, 0.6) is 0 Å². The van der Waals surface area contributed by atoms with Crippen molar-refractivity contribution in [1.82, 2.24) is 14.7 Å². The standard InChI is InChI=1S/C9H14N4O4S/c10-3-6(5-1-2-5)13-18(16,17)7-4-11-9(15)12-8(7)14/h4-6,13H,1-3,10H2,(H2,11,12,14,15). The highest BCUT2D eigenvalue weighted by atomic mass is 32.2. The topological polar surface area (TPSA) is 138 Å². The summed E-state index contributed by atoms with van der Waals surface area (Å²) in [6.45, 7) is 0.172. The largest absolute Gasteiger partial charge is 0.329 e. The molecule has 1 fully saturated rings.